The van der Waals surface area contributed by atoms with E-state index in [-0.39, 0.29) is 7.43 Å². The summed E-state index contributed by atoms with van der Waals surface area (Å²) in [6.07, 6.45) is 8.15. The molecular formula is C32H55N7O. The summed E-state index contributed by atoms with van der Waals surface area (Å²) in [4.78, 5) is 11.5. The molecule has 0 bridgehead atoms. The summed E-state index contributed by atoms with van der Waals surface area (Å²) in [5, 5.41) is 6.97. The first kappa shape index (κ1) is 33.4. The van der Waals surface area contributed by atoms with Gasteiger partial charge in [-0.2, -0.15) is 4.98 Å². The van der Waals surface area contributed by atoms with E-state index in [1.165, 1.54) is 44.3 Å². The lowest BCUT2D eigenvalue weighted by molar-refractivity contribution is -0.0282. The number of methoxy groups -OCH3 is 1. The molecule has 8 nitrogen and oxygen atoms in total. The number of rotatable bonds is 10. The third-order valence-electron chi connectivity index (χ3n) is 7.58. The van der Waals surface area contributed by atoms with Crippen LogP contribution in [0.2, 0.25) is 0 Å². The van der Waals surface area contributed by atoms with Crippen molar-refractivity contribution < 1.29 is 4.74 Å². The van der Waals surface area contributed by atoms with E-state index in [1.807, 2.05) is 33.8 Å². The van der Waals surface area contributed by atoms with Crippen LogP contribution in [0.4, 0.5) is 11.8 Å². The predicted molar refractivity (Wildman–Crippen MR) is 171 cm³/mol. The van der Waals surface area contributed by atoms with Crippen molar-refractivity contribution in [3.8, 4) is 5.75 Å². The number of piperidine rings is 1. The number of fused-ring (bicyclic) bond motifs is 1. The van der Waals surface area contributed by atoms with Gasteiger partial charge in [0.2, 0.25) is 5.95 Å². The molecule has 0 aliphatic carbocycles. The number of hydrogen-bond acceptors (Lipinski definition) is 7. The number of ether oxygens (including phenoxy) is 1. The molecule has 3 aromatic rings. The number of nitrogens with two attached hydrogens (primary N) is 1. The Hall–Kier alpha value is -2.84. The maximum Gasteiger partial charge on any atom is 0.222 e. The molecule has 4 heterocycles. The van der Waals surface area contributed by atoms with E-state index >= 15 is 0 Å². The molecule has 2 aromatic heterocycles. The second-order valence-corrected chi connectivity index (χ2v) is 10.3. The van der Waals surface area contributed by atoms with Crippen LogP contribution in [0, 0.1) is 5.41 Å². The largest absolute Gasteiger partial charge is 0.496 e. The SMILES string of the molecule is C.CC.CC.CCCCCNc1nc(N)nc2ccn(Cc3ccc(CN4CC5(CCNCC5)C4)cc3OC)c12. The molecule has 2 saturated heterocycles. The van der Waals surface area contributed by atoms with E-state index in [0.29, 0.717) is 17.9 Å². The van der Waals surface area contributed by atoms with E-state index in [0.717, 1.165) is 60.8 Å². The maximum atomic E-state index is 5.98. The number of benzene rings is 1. The molecule has 5 rings (SSSR count). The predicted octanol–water partition coefficient (Wildman–Crippen LogP) is 6.55. The Morgan fingerprint density at radius 2 is 1.75 bits per heavy atom. The van der Waals surface area contributed by atoms with Crippen LogP contribution in [0.25, 0.3) is 11.0 Å². The zero-order chi connectivity index (χ0) is 28.3. The van der Waals surface area contributed by atoms with Gasteiger partial charge in [-0.15, -0.1) is 0 Å². The lowest BCUT2D eigenvalue weighted by Gasteiger charge is -2.52. The number of anilines is 2. The van der Waals surface area contributed by atoms with Crippen molar-refractivity contribution in [1.29, 1.82) is 0 Å². The monoisotopic (exact) mass is 553 g/mol. The van der Waals surface area contributed by atoms with Gasteiger partial charge in [0.15, 0.2) is 5.82 Å². The fourth-order valence-electron chi connectivity index (χ4n) is 5.71. The average molecular weight is 554 g/mol. The Balaban J connectivity index is 0.00000107. The molecule has 2 aliphatic heterocycles. The van der Waals surface area contributed by atoms with Crippen LogP contribution in [0.3, 0.4) is 0 Å². The fraction of sp³-hybridized carbons (Fsp3) is 0.625. The Morgan fingerprint density at radius 3 is 2.42 bits per heavy atom. The minimum Gasteiger partial charge on any atom is -0.496 e. The van der Waals surface area contributed by atoms with Gasteiger partial charge < -0.3 is 25.7 Å². The molecule has 2 fully saturated rings. The summed E-state index contributed by atoms with van der Waals surface area (Å²) in [6, 6.07) is 8.65. The second-order valence-electron chi connectivity index (χ2n) is 10.3. The molecule has 2 aliphatic rings. The third-order valence-corrected chi connectivity index (χ3v) is 7.58. The summed E-state index contributed by atoms with van der Waals surface area (Å²) in [5.41, 5.74) is 10.8. The van der Waals surface area contributed by atoms with Gasteiger partial charge in [0.25, 0.3) is 0 Å². The fourth-order valence-corrected chi connectivity index (χ4v) is 5.71. The van der Waals surface area contributed by atoms with Crippen LogP contribution >= 0.6 is 0 Å². The third kappa shape index (κ3) is 8.10. The van der Waals surface area contributed by atoms with Crippen molar-refractivity contribution in [2.24, 2.45) is 5.41 Å². The van der Waals surface area contributed by atoms with Crippen LogP contribution in [-0.4, -0.2) is 59.3 Å². The molecule has 0 atom stereocenters. The lowest BCUT2D eigenvalue weighted by atomic mass is 9.72. The smallest absolute Gasteiger partial charge is 0.222 e. The summed E-state index contributed by atoms with van der Waals surface area (Å²) >= 11 is 0. The molecule has 4 N–H and O–H groups in total. The van der Waals surface area contributed by atoms with Crippen molar-refractivity contribution in [2.45, 2.75) is 87.2 Å². The number of nitrogens with one attached hydrogen (secondary N) is 2. The molecule has 0 amide bonds. The first-order valence-corrected chi connectivity index (χ1v) is 15.0. The number of unbranched alkanes of at least 4 members (excludes halogenated alkanes) is 2. The van der Waals surface area contributed by atoms with Gasteiger partial charge >= 0.3 is 0 Å². The summed E-state index contributed by atoms with van der Waals surface area (Å²) in [7, 11) is 1.76. The Kier molecular flexibility index (Phi) is 13.7. The van der Waals surface area contributed by atoms with Crippen LogP contribution in [0.15, 0.2) is 30.5 Å². The molecule has 0 saturated carbocycles. The molecule has 0 unspecified atom stereocenters. The first-order valence-electron chi connectivity index (χ1n) is 15.0. The minimum atomic E-state index is 0. The van der Waals surface area contributed by atoms with Gasteiger partial charge in [0, 0.05) is 37.9 Å². The van der Waals surface area contributed by atoms with E-state index in [9.17, 15) is 0 Å². The number of aromatic nitrogens is 3. The zero-order valence-corrected chi connectivity index (χ0v) is 25.1. The van der Waals surface area contributed by atoms with Gasteiger partial charge in [-0.25, -0.2) is 4.98 Å². The number of likely N-dealkylation sites (tertiary alicyclic amines) is 1. The van der Waals surface area contributed by atoms with Crippen LogP contribution < -0.4 is 21.1 Å². The maximum absolute atomic E-state index is 5.98. The van der Waals surface area contributed by atoms with E-state index in [4.69, 9.17) is 10.5 Å². The topological polar surface area (TPSA) is 93.3 Å². The normalized spacial score (nSPS) is 15.7. The van der Waals surface area contributed by atoms with E-state index < -0.39 is 0 Å². The first-order chi connectivity index (χ1) is 19.1. The lowest BCUT2D eigenvalue weighted by Crippen LogP contribution is -2.59. The summed E-state index contributed by atoms with van der Waals surface area (Å²) < 4.78 is 8.01. The van der Waals surface area contributed by atoms with Crippen molar-refractivity contribution in [3.05, 3.63) is 41.6 Å². The van der Waals surface area contributed by atoms with Crippen molar-refractivity contribution in [1.82, 2.24) is 24.8 Å². The van der Waals surface area contributed by atoms with Crippen molar-refractivity contribution in [2.75, 3.05) is 50.9 Å². The van der Waals surface area contributed by atoms with Crippen LogP contribution in [0.5, 0.6) is 5.75 Å². The second kappa shape index (κ2) is 16.4. The molecule has 1 spiro atoms. The molecule has 224 valence electrons. The zero-order valence-electron chi connectivity index (χ0n) is 25.1. The van der Waals surface area contributed by atoms with Gasteiger partial charge in [-0.3, -0.25) is 4.90 Å². The van der Waals surface area contributed by atoms with E-state index in [2.05, 4.69) is 61.4 Å². The molecule has 40 heavy (non-hydrogen) atoms. The quantitative estimate of drug-likeness (QED) is 0.245. The highest BCUT2D eigenvalue weighted by atomic mass is 16.5. The van der Waals surface area contributed by atoms with Gasteiger partial charge in [0.05, 0.1) is 19.2 Å². The number of nitrogen functional groups attached to an aromatic ring is 1. The Labute approximate surface area is 243 Å². The highest BCUT2D eigenvalue weighted by Gasteiger charge is 2.42. The van der Waals surface area contributed by atoms with Crippen LogP contribution in [0.1, 0.15) is 85.3 Å². The van der Waals surface area contributed by atoms with E-state index in [1.54, 1.807) is 7.11 Å². The van der Waals surface area contributed by atoms with Crippen molar-refractivity contribution in [3.63, 3.8) is 0 Å². The Morgan fingerprint density at radius 1 is 1.02 bits per heavy atom. The molecule has 0 radical (unpaired) electrons. The highest BCUT2D eigenvalue weighted by molar-refractivity contribution is 5.87. The molecular weight excluding hydrogens is 498 g/mol. The molecule has 8 heteroatoms. The summed E-state index contributed by atoms with van der Waals surface area (Å²) in [6.45, 7) is 17.5. The van der Waals surface area contributed by atoms with Gasteiger partial charge in [-0.1, -0.05) is 67.0 Å². The molecule has 1 aromatic carbocycles. The van der Waals surface area contributed by atoms with Crippen LogP contribution in [-0.2, 0) is 13.1 Å². The Bertz CT molecular complexity index is 1150. The standard InChI is InChI=1S/C27H39N7O.2C2H6.CH4/c1-3-4-5-11-30-25-24-22(31-26(28)32-25)8-14-34(24)17-21-7-6-20(15-23(21)35-2)16-33-18-27(19-33)9-12-29-13-10-27;2*1-2;/h6-8,14-15,29H,3-5,9-13,16-19H2,1-2H3,(H3,28,30,31,32);2*1-2H3;1H4. The summed E-state index contributed by atoms with van der Waals surface area (Å²) in [5.74, 6) is 2.02. The number of hydrogen-bond donors (Lipinski definition) is 3. The van der Waals surface area contributed by atoms with Gasteiger partial charge in [-0.05, 0) is 55.5 Å². The minimum absolute atomic E-state index is 0. The average Bonchev–Trinajstić information content (AvgIpc) is 3.36. The van der Waals surface area contributed by atoms with Crippen molar-refractivity contribution >= 4 is 22.8 Å². The number of nitrogens with zero attached hydrogens (tertiary/aromatic N) is 4. The van der Waals surface area contributed by atoms with Gasteiger partial charge in [0.1, 0.15) is 11.3 Å². The highest BCUT2D eigenvalue weighted by Crippen LogP contribution is 2.39.